The highest BCUT2D eigenvalue weighted by Crippen LogP contribution is 2.75. The van der Waals surface area contributed by atoms with Crippen LogP contribution < -0.4 is 0 Å². The average Bonchev–Trinajstić information content (AvgIpc) is 2.98. The van der Waals surface area contributed by atoms with E-state index in [4.69, 9.17) is 4.74 Å². The van der Waals surface area contributed by atoms with Gasteiger partial charge in [0.15, 0.2) is 0 Å². The predicted octanol–water partition coefficient (Wildman–Crippen LogP) is 8.18. The summed E-state index contributed by atoms with van der Waals surface area (Å²) in [5.74, 6) is -0.130. The average molecular weight is 619 g/mol. The Kier molecular flexibility index (Phi) is 7.70. The molecule has 9 atom stereocenters. The summed E-state index contributed by atoms with van der Waals surface area (Å²) in [6, 6.07) is 6.66. The quantitative estimate of drug-likeness (QED) is 0.175. The first kappa shape index (κ1) is 32.3. The summed E-state index contributed by atoms with van der Waals surface area (Å²) in [5, 5.41) is 31.2. The lowest BCUT2D eigenvalue weighted by Gasteiger charge is -2.71. The number of hydrogen-bond donors (Lipinski definition) is 3. The van der Waals surface area contributed by atoms with Crippen LogP contribution >= 0.6 is 0 Å². The molecule has 0 amide bonds. The number of aliphatic carboxylic acids is 1. The number of esters is 1. The predicted molar refractivity (Wildman–Crippen MR) is 175 cm³/mol. The van der Waals surface area contributed by atoms with Gasteiger partial charge in [0.2, 0.25) is 0 Å². The molecule has 5 aliphatic rings. The molecule has 0 radical (unpaired) electrons. The van der Waals surface area contributed by atoms with Crippen molar-refractivity contribution >= 4 is 18.0 Å². The number of allylic oxidation sites excluding steroid dienone is 2. The Hall–Kier alpha value is -2.60. The summed E-state index contributed by atoms with van der Waals surface area (Å²) >= 11 is 0. The van der Waals surface area contributed by atoms with Crippen LogP contribution in [0.3, 0.4) is 0 Å². The molecule has 3 N–H and O–H groups in total. The molecule has 1 aromatic rings. The van der Waals surface area contributed by atoms with Crippen molar-refractivity contribution < 1.29 is 29.6 Å². The van der Waals surface area contributed by atoms with Crippen molar-refractivity contribution in [2.75, 3.05) is 6.61 Å². The van der Waals surface area contributed by atoms with Gasteiger partial charge in [-0.05, 0) is 127 Å². The van der Waals surface area contributed by atoms with E-state index in [0.29, 0.717) is 12.3 Å². The Balaban J connectivity index is 1.28. The third kappa shape index (κ3) is 4.74. The zero-order valence-electron chi connectivity index (χ0n) is 28.2. The smallest absolute Gasteiger partial charge is 0.331 e. The number of carbonyl (C=O) groups excluding carboxylic acids is 1. The molecule has 0 aliphatic heterocycles. The van der Waals surface area contributed by atoms with E-state index in [0.717, 1.165) is 63.4 Å². The first-order chi connectivity index (χ1) is 21.0. The van der Waals surface area contributed by atoms with Crippen LogP contribution in [0.25, 0.3) is 6.08 Å². The lowest BCUT2D eigenvalue weighted by atomic mass is 9.33. The Morgan fingerprint density at radius 1 is 0.911 bits per heavy atom. The molecule has 4 saturated carbocycles. The van der Waals surface area contributed by atoms with Gasteiger partial charge in [0, 0.05) is 11.5 Å². The van der Waals surface area contributed by atoms with Gasteiger partial charge in [0.1, 0.15) is 11.9 Å². The van der Waals surface area contributed by atoms with Crippen molar-refractivity contribution in [1.29, 1.82) is 0 Å². The monoisotopic (exact) mass is 618 g/mol. The maximum absolute atomic E-state index is 13.0. The lowest BCUT2D eigenvalue weighted by Crippen LogP contribution is -2.66. The van der Waals surface area contributed by atoms with Gasteiger partial charge >= 0.3 is 11.9 Å². The van der Waals surface area contributed by atoms with Crippen molar-refractivity contribution in [3.05, 3.63) is 47.6 Å². The fraction of sp³-hybridized carbons (Fsp3) is 0.692. The van der Waals surface area contributed by atoms with Crippen LogP contribution in [0.2, 0.25) is 0 Å². The number of benzene rings is 1. The van der Waals surface area contributed by atoms with E-state index >= 15 is 0 Å². The minimum absolute atomic E-state index is 0.0291. The number of carbonyl (C=O) groups is 2. The van der Waals surface area contributed by atoms with Crippen LogP contribution in [0, 0.1) is 50.2 Å². The van der Waals surface area contributed by atoms with E-state index in [9.17, 15) is 24.9 Å². The number of fused-ring (bicyclic) bond motifs is 7. The molecule has 5 aliphatic carbocycles. The number of aliphatic hydroxyl groups excluding tert-OH is 1. The molecule has 246 valence electrons. The highest BCUT2D eigenvalue weighted by atomic mass is 16.5. The summed E-state index contributed by atoms with van der Waals surface area (Å²) < 4.78 is 6.11. The van der Waals surface area contributed by atoms with Crippen molar-refractivity contribution in [1.82, 2.24) is 0 Å². The van der Waals surface area contributed by atoms with E-state index in [1.807, 2.05) is 0 Å². The van der Waals surface area contributed by atoms with Gasteiger partial charge in [-0.15, -0.1) is 0 Å². The zero-order valence-corrected chi connectivity index (χ0v) is 28.2. The van der Waals surface area contributed by atoms with Crippen molar-refractivity contribution in [3.63, 3.8) is 0 Å². The van der Waals surface area contributed by atoms with E-state index in [-0.39, 0.29) is 52.0 Å². The number of carboxylic acids is 1. The first-order valence-corrected chi connectivity index (χ1v) is 17.3. The number of ether oxygens (including phenoxy) is 1. The third-order valence-corrected chi connectivity index (χ3v) is 14.7. The molecule has 0 unspecified atom stereocenters. The second-order valence-corrected chi connectivity index (χ2v) is 17.2. The molecule has 0 aromatic heterocycles. The molecule has 6 heteroatoms. The van der Waals surface area contributed by atoms with Gasteiger partial charge < -0.3 is 20.1 Å². The number of carboxylic acid groups (broad SMARTS) is 1. The van der Waals surface area contributed by atoms with Gasteiger partial charge in [-0.2, -0.15) is 0 Å². The molecule has 0 heterocycles. The summed E-state index contributed by atoms with van der Waals surface area (Å²) in [7, 11) is 0. The normalized spacial score (nSPS) is 43.7. The molecule has 0 spiro atoms. The topological polar surface area (TPSA) is 104 Å². The second kappa shape index (κ2) is 10.7. The van der Waals surface area contributed by atoms with Crippen molar-refractivity contribution in [2.24, 2.45) is 50.2 Å². The Labute approximate surface area is 269 Å². The van der Waals surface area contributed by atoms with E-state index in [2.05, 4.69) is 47.6 Å². The van der Waals surface area contributed by atoms with Crippen LogP contribution in [0.1, 0.15) is 111 Å². The maximum Gasteiger partial charge on any atom is 0.331 e. The van der Waals surface area contributed by atoms with Gasteiger partial charge in [-0.1, -0.05) is 65.3 Å². The van der Waals surface area contributed by atoms with Crippen LogP contribution in [-0.2, 0) is 14.3 Å². The summed E-state index contributed by atoms with van der Waals surface area (Å²) in [5.41, 5.74) is 1.11. The van der Waals surface area contributed by atoms with Gasteiger partial charge in [-0.25, -0.2) is 4.79 Å². The minimum Gasteiger partial charge on any atom is -0.508 e. The summed E-state index contributed by atoms with van der Waals surface area (Å²) in [4.78, 5) is 26.0. The first-order valence-electron chi connectivity index (χ1n) is 17.3. The SMILES string of the molecule is CC1(C)CC[C@]2(C(=O)O)CC[C@]3(C)C(=CC[C@@H]4[C@@]5(C)CC[C@H](OC(=O)/C=C\c6ccc(O)cc6)[C@@](C)(CO)[C@@H]5CC[C@]43C)[C@@H]2C1. The van der Waals surface area contributed by atoms with E-state index in [1.54, 1.807) is 30.3 Å². The van der Waals surface area contributed by atoms with Gasteiger partial charge in [0.25, 0.3) is 0 Å². The lowest BCUT2D eigenvalue weighted by molar-refractivity contribution is -0.223. The molecule has 45 heavy (non-hydrogen) atoms. The standard InChI is InChI=1S/C39H54O6/c1-34(2)19-21-39(33(43)44)22-20-37(5)27(28(39)23-34)12-13-30-35(3)17-16-31(36(4,24-40)29(35)15-18-38(30,37)6)45-32(42)14-9-25-7-10-26(41)11-8-25/h7-12,14,28-31,40-41H,13,15-24H2,1-6H3,(H,43,44)/b14-9-/t28-,29+,30+,31-,35-,36-,37+,38+,39-/m0/s1. The minimum atomic E-state index is -0.640. The van der Waals surface area contributed by atoms with Gasteiger partial charge in [0.05, 0.1) is 12.0 Å². The number of aromatic hydroxyl groups is 1. The number of rotatable bonds is 5. The van der Waals surface area contributed by atoms with Crippen LogP contribution in [0.5, 0.6) is 5.75 Å². The summed E-state index contributed by atoms with van der Waals surface area (Å²) in [6.45, 7) is 14.1. The third-order valence-electron chi connectivity index (χ3n) is 14.7. The molecule has 0 bridgehead atoms. The molecule has 4 fully saturated rings. The van der Waals surface area contributed by atoms with Crippen LogP contribution in [-0.4, -0.2) is 40.0 Å². The number of phenolic OH excluding ortho intramolecular Hbond substituents is 1. The Bertz CT molecular complexity index is 1410. The van der Waals surface area contributed by atoms with Crippen LogP contribution in [0.4, 0.5) is 0 Å². The molecular weight excluding hydrogens is 564 g/mol. The molecule has 0 saturated heterocycles. The van der Waals surface area contributed by atoms with E-state index in [1.165, 1.54) is 11.6 Å². The Morgan fingerprint density at radius 2 is 1.60 bits per heavy atom. The highest BCUT2D eigenvalue weighted by Gasteiger charge is 2.70. The number of phenols is 1. The molecule has 6 nitrogen and oxygen atoms in total. The van der Waals surface area contributed by atoms with Crippen molar-refractivity contribution in [2.45, 2.75) is 112 Å². The molecule has 6 rings (SSSR count). The van der Waals surface area contributed by atoms with E-state index < -0.39 is 22.8 Å². The zero-order chi connectivity index (χ0) is 32.6. The van der Waals surface area contributed by atoms with Crippen LogP contribution in [0.15, 0.2) is 42.0 Å². The highest BCUT2D eigenvalue weighted by molar-refractivity contribution is 5.87. The second-order valence-electron chi connectivity index (χ2n) is 17.2. The molecule has 1 aromatic carbocycles. The largest absolute Gasteiger partial charge is 0.508 e. The summed E-state index contributed by atoms with van der Waals surface area (Å²) in [6.07, 6.45) is 14.2. The number of aliphatic hydroxyl groups is 1. The van der Waals surface area contributed by atoms with Crippen molar-refractivity contribution in [3.8, 4) is 5.75 Å². The Morgan fingerprint density at radius 3 is 2.27 bits per heavy atom. The van der Waals surface area contributed by atoms with Gasteiger partial charge in [-0.3, -0.25) is 4.79 Å². The molecular formula is C39H54O6. The maximum atomic E-state index is 13.0. The fourth-order valence-corrected chi connectivity index (χ4v) is 11.8. The number of hydrogen-bond acceptors (Lipinski definition) is 5. The fourth-order valence-electron chi connectivity index (χ4n) is 11.8.